The fourth-order valence-electron chi connectivity index (χ4n) is 0.522. The summed E-state index contributed by atoms with van der Waals surface area (Å²) in [7, 11) is 0. The van der Waals surface area contributed by atoms with Gasteiger partial charge in [-0.3, -0.25) is 4.79 Å². The minimum absolute atomic E-state index is 0.120. The molecule has 62 valence electrons. The molecule has 0 spiro atoms. The minimum atomic E-state index is -0.413. The van der Waals surface area contributed by atoms with Crippen LogP contribution in [0.25, 0.3) is 0 Å². The molecule has 0 atom stereocenters. The van der Waals surface area contributed by atoms with Gasteiger partial charge in [0, 0.05) is 12.0 Å². The highest BCUT2D eigenvalue weighted by molar-refractivity contribution is 5.86. The van der Waals surface area contributed by atoms with E-state index in [-0.39, 0.29) is 5.78 Å². The quantitative estimate of drug-likeness (QED) is 0.613. The first-order valence-corrected chi connectivity index (χ1v) is 3.67. The SMILES string of the molecule is CC#CCC(=O)C(C)(C)CN. The molecule has 2 nitrogen and oxygen atoms in total. The summed E-state index contributed by atoms with van der Waals surface area (Å²) in [5.74, 6) is 5.54. The maximum Gasteiger partial charge on any atom is 0.151 e. The molecule has 0 heterocycles. The average Bonchev–Trinajstić information content (AvgIpc) is 2.00. The molecule has 0 saturated carbocycles. The highest BCUT2D eigenvalue weighted by atomic mass is 16.1. The van der Waals surface area contributed by atoms with E-state index in [2.05, 4.69) is 11.8 Å². The number of rotatable bonds is 3. The summed E-state index contributed by atoms with van der Waals surface area (Å²) in [5.41, 5.74) is 5.00. The Morgan fingerprint density at radius 3 is 2.45 bits per heavy atom. The van der Waals surface area contributed by atoms with E-state index >= 15 is 0 Å². The number of carbonyl (C=O) groups excluding carboxylic acids is 1. The lowest BCUT2D eigenvalue weighted by Gasteiger charge is -2.18. The Balaban J connectivity index is 4.09. The van der Waals surface area contributed by atoms with Crippen molar-refractivity contribution in [3.63, 3.8) is 0 Å². The molecular weight excluding hydrogens is 138 g/mol. The molecule has 0 radical (unpaired) electrons. The predicted octanol–water partition coefficient (Wildman–Crippen LogP) is 0.954. The molecule has 0 aliphatic carbocycles. The molecule has 0 aromatic heterocycles. The summed E-state index contributed by atoms with van der Waals surface area (Å²) in [4.78, 5) is 11.3. The van der Waals surface area contributed by atoms with Gasteiger partial charge in [0.25, 0.3) is 0 Å². The molecule has 0 unspecified atom stereocenters. The maximum absolute atomic E-state index is 11.3. The van der Waals surface area contributed by atoms with Crippen molar-refractivity contribution >= 4 is 5.78 Å². The first-order valence-electron chi connectivity index (χ1n) is 3.67. The van der Waals surface area contributed by atoms with Gasteiger partial charge in [0.2, 0.25) is 0 Å². The Morgan fingerprint density at radius 2 is 2.09 bits per heavy atom. The number of nitrogens with two attached hydrogens (primary N) is 1. The lowest BCUT2D eigenvalue weighted by molar-refractivity contribution is -0.125. The normalized spacial score (nSPS) is 10.2. The number of carbonyl (C=O) groups is 1. The van der Waals surface area contributed by atoms with Crippen LogP contribution < -0.4 is 5.73 Å². The maximum atomic E-state index is 11.3. The summed E-state index contributed by atoms with van der Waals surface area (Å²) in [5, 5.41) is 0. The Morgan fingerprint density at radius 1 is 1.55 bits per heavy atom. The second-order valence-corrected chi connectivity index (χ2v) is 3.11. The van der Waals surface area contributed by atoms with Gasteiger partial charge >= 0.3 is 0 Å². The third-order valence-corrected chi connectivity index (χ3v) is 1.69. The zero-order chi connectivity index (χ0) is 8.91. The molecule has 0 bridgehead atoms. The fraction of sp³-hybridized carbons (Fsp3) is 0.667. The second-order valence-electron chi connectivity index (χ2n) is 3.11. The van der Waals surface area contributed by atoms with Gasteiger partial charge in [0.05, 0.1) is 6.42 Å². The summed E-state index contributed by atoms with van der Waals surface area (Å²) in [6.07, 6.45) is 0.320. The summed E-state index contributed by atoms with van der Waals surface area (Å²) < 4.78 is 0. The van der Waals surface area contributed by atoms with Gasteiger partial charge in [-0.1, -0.05) is 19.8 Å². The Labute approximate surface area is 68.2 Å². The second kappa shape index (κ2) is 4.15. The number of ketones is 1. The van der Waals surface area contributed by atoms with Crippen LogP contribution in [-0.4, -0.2) is 12.3 Å². The van der Waals surface area contributed by atoms with Gasteiger partial charge < -0.3 is 5.73 Å². The first-order chi connectivity index (χ1) is 5.04. The molecule has 0 amide bonds. The largest absolute Gasteiger partial charge is 0.329 e. The fourth-order valence-corrected chi connectivity index (χ4v) is 0.522. The van der Waals surface area contributed by atoms with E-state index in [0.29, 0.717) is 13.0 Å². The van der Waals surface area contributed by atoms with Gasteiger partial charge in [0.15, 0.2) is 5.78 Å². The lowest BCUT2D eigenvalue weighted by atomic mass is 9.87. The molecule has 11 heavy (non-hydrogen) atoms. The molecule has 0 aromatic carbocycles. The van der Waals surface area contributed by atoms with Crippen molar-refractivity contribution < 1.29 is 4.79 Å². The molecule has 0 rings (SSSR count). The monoisotopic (exact) mass is 153 g/mol. The van der Waals surface area contributed by atoms with Crippen molar-refractivity contribution in [3.8, 4) is 11.8 Å². The smallest absolute Gasteiger partial charge is 0.151 e. The van der Waals surface area contributed by atoms with Crippen molar-refractivity contribution in [1.82, 2.24) is 0 Å². The topological polar surface area (TPSA) is 43.1 Å². The number of hydrogen-bond donors (Lipinski definition) is 1. The van der Waals surface area contributed by atoms with E-state index in [9.17, 15) is 4.79 Å². The predicted molar refractivity (Wildman–Crippen MR) is 45.9 cm³/mol. The van der Waals surface area contributed by atoms with E-state index in [0.717, 1.165) is 0 Å². The molecular formula is C9H15NO. The van der Waals surface area contributed by atoms with Crippen molar-refractivity contribution in [2.45, 2.75) is 27.2 Å². The van der Waals surface area contributed by atoms with E-state index < -0.39 is 5.41 Å². The molecule has 0 aliphatic rings. The van der Waals surface area contributed by atoms with E-state index in [1.165, 1.54) is 0 Å². The molecule has 2 N–H and O–H groups in total. The third kappa shape index (κ3) is 3.20. The highest BCUT2D eigenvalue weighted by Gasteiger charge is 2.23. The standard InChI is InChI=1S/C9H15NO/c1-4-5-6-8(11)9(2,3)7-10/h6-7,10H2,1-3H3. The van der Waals surface area contributed by atoms with Gasteiger partial charge in [-0.15, -0.1) is 5.92 Å². The van der Waals surface area contributed by atoms with Crippen LogP contribution in [0.4, 0.5) is 0 Å². The molecule has 0 fully saturated rings. The van der Waals surface area contributed by atoms with Crippen molar-refractivity contribution in [1.29, 1.82) is 0 Å². The summed E-state index contributed by atoms with van der Waals surface area (Å²) >= 11 is 0. The van der Waals surface area contributed by atoms with Gasteiger partial charge in [-0.05, 0) is 6.92 Å². The average molecular weight is 153 g/mol. The zero-order valence-corrected chi connectivity index (χ0v) is 7.40. The van der Waals surface area contributed by atoms with Crippen LogP contribution >= 0.6 is 0 Å². The van der Waals surface area contributed by atoms with Crippen molar-refractivity contribution in [2.24, 2.45) is 11.1 Å². The van der Waals surface area contributed by atoms with Crippen molar-refractivity contribution in [3.05, 3.63) is 0 Å². The first kappa shape index (κ1) is 10.2. The van der Waals surface area contributed by atoms with Crippen molar-refractivity contribution in [2.75, 3.05) is 6.54 Å². The van der Waals surface area contributed by atoms with Crippen LogP contribution in [0.2, 0.25) is 0 Å². The van der Waals surface area contributed by atoms with Crippen LogP contribution in [0, 0.1) is 17.3 Å². The zero-order valence-electron chi connectivity index (χ0n) is 7.40. The number of hydrogen-bond acceptors (Lipinski definition) is 2. The summed E-state index contributed by atoms with van der Waals surface area (Å²) in [6.45, 7) is 5.79. The van der Waals surface area contributed by atoms with Crippen LogP contribution in [0.3, 0.4) is 0 Å². The molecule has 0 saturated heterocycles. The van der Waals surface area contributed by atoms with E-state index in [4.69, 9.17) is 5.73 Å². The molecule has 2 heteroatoms. The van der Waals surface area contributed by atoms with Crippen LogP contribution in [-0.2, 0) is 4.79 Å². The minimum Gasteiger partial charge on any atom is -0.329 e. The Kier molecular flexibility index (Phi) is 3.84. The third-order valence-electron chi connectivity index (χ3n) is 1.69. The molecule has 0 aliphatic heterocycles. The van der Waals surface area contributed by atoms with Gasteiger partial charge in [0.1, 0.15) is 0 Å². The van der Waals surface area contributed by atoms with Crippen LogP contribution in [0.5, 0.6) is 0 Å². The van der Waals surface area contributed by atoms with Crippen LogP contribution in [0.15, 0.2) is 0 Å². The highest BCUT2D eigenvalue weighted by Crippen LogP contribution is 2.15. The van der Waals surface area contributed by atoms with Crippen LogP contribution in [0.1, 0.15) is 27.2 Å². The Hall–Kier alpha value is -0.810. The summed E-state index contributed by atoms with van der Waals surface area (Å²) in [6, 6.07) is 0. The lowest BCUT2D eigenvalue weighted by Crippen LogP contribution is -2.32. The van der Waals surface area contributed by atoms with Gasteiger partial charge in [-0.2, -0.15) is 0 Å². The molecule has 0 aromatic rings. The number of Topliss-reactive ketones (excluding diaryl/α,β-unsaturated/α-hetero) is 1. The van der Waals surface area contributed by atoms with E-state index in [1.54, 1.807) is 6.92 Å². The van der Waals surface area contributed by atoms with Gasteiger partial charge in [-0.25, -0.2) is 0 Å². The van der Waals surface area contributed by atoms with E-state index in [1.807, 2.05) is 13.8 Å². The Bertz CT molecular complexity index is 195.